The summed E-state index contributed by atoms with van der Waals surface area (Å²) in [6.45, 7) is 0.896. The van der Waals surface area contributed by atoms with Crippen molar-refractivity contribution in [1.82, 2.24) is 4.72 Å². The van der Waals surface area contributed by atoms with Crippen LogP contribution in [0, 0.1) is 5.92 Å². The quantitative estimate of drug-likeness (QED) is 0.747. The van der Waals surface area contributed by atoms with Gasteiger partial charge in [0.25, 0.3) is 0 Å². The van der Waals surface area contributed by atoms with E-state index >= 15 is 0 Å². The van der Waals surface area contributed by atoms with Gasteiger partial charge in [-0.2, -0.15) is 8.78 Å². The predicted octanol–water partition coefficient (Wildman–Crippen LogP) is 2.36. The van der Waals surface area contributed by atoms with E-state index in [1.807, 2.05) is 13.8 Å². The second-order valence-corrected chi connectivity index (χ2v) is 6.69. The number of sulfonamides is 1. The first-order chi connectivity index (χ1) is 9.76. The topological polar surface area (TPSA) is 81.4 Å². The molecule has 0 amide bonds. The van der Waals surface area contributed by atoms with Gasteiger partial charge in [-0.25, -0.2) is 13.1 Å². The molecule has 0 aliphatic heterocycles. The summed E-state index contributed by atoms with van der Waals surface area (Å²) < 4.78 is 55.9. The van der Waals surface area contributed by atoms with Crippen LogP contribution in [0.5, 0.6) is 5.75 Å². The van der Waals surface area contributed by atoms with E-state index in [9.17, 15) is 17.2 Å². The maximum absolute atomic E-state index is 12.3. The molecule has 3 N–H and O–H groups in total. The SMILES string of the molecule is CC(C)CC(CN)NS(=O)(=O)c1ccccc1OC(F)F.Cl. The molecule has 1 aromatic carbocycles. The Kier molecular flexibility index (Phi) is 8.84. The van der Waals surface area contributed by atoms with Crippen LogP contribution in [0.3, 0.4) is 0 Å². The van der Waals surface area contributed by atoms with Crippen LogP contribution in [-0.4, -0.2) is 27.6 Å². The van der Waals surface area contributed by atoms with Crippen molar-refractivity contribution in [2.75, 3.05) is 6.54 Å². The third-order valence-corrected chi connectivity index (χ3v) is 4.28. The fourth-order valence-electron chi connectivity index (χ4n) is 1.91. The van der Waals surface area contributed by atoms with Crippen LogP contribution >= 0.6 is 12.4 Å². The smallest absolute Gasteiger partial charge is 0.387 e. The minimum atomic E-state index is -3.98. The minimum Gasteiger partial charge on any atom is -0.433 e. The lowest BCUT2D eigenvalue weighted by Crippen LogP contribution is -2.41. The molecule has 1 atom stereocenters. The molecule has 0 fully saturated rings. The molecule has 5 nitrogen and oxygen atoms in total. The van der Waals surface area contributed by atoms with E-state index in [0.717, 1.165) is 0 Å². The highest BCUT2D eigenvalue weighted by molar-refractivity contribution is 7.89. The number of hydrogen-bond acceptors (Lipinski definition) is 4. The van der Waals surface area contributed by atoms with Crippen molar-refractivity contribution in [2.24, 2.45) is 11.7 Å². The molecule has 0 saturated carbocycles. The van der Waals surface area contributed by atoms with Crippen LogP contribution in [0.15, 0.2) is 29.2 Å². The fourth-order valence-corrected chi connectivity index (χ4v) is 3.31. The molecule has 1 aromatic rings. The van der Waals surface area contributed by atoms with E-state index in [2.05, 4.69) is 9.46 Å². The Labute approximate surface area is 135 Å². The Balaban J connectivity index is 0.00000441. The summed E-state index contributed by atoms with van der Waals surface area (Å²) in [5.41, 5.74) is 5.55. The monoisotopic (exact) mass is 358 g/mol. The fraction of sp³-hybridized carbons (Fsp3) is 0.538. The van der Waals surface area contributed by atoms with Crippen molar-refractivity contribution >= 4 is 22.4 Å². The van der Waals surface area contributed by atoms with Crippen molar-refractivity contribution < 1.29 is 21.9 Å². The third kappa shape index (κ3) is 6.43. The van der Waals surface area contributed by atoms with Gasteiger partial charge in [0.2, 0.25) is 10.0 Å². The Morgan fingerprint density at radius 2 is 1.86 bits per heavy atom. The van der Waals surface area contributed by atoms with Gasteiger partial charge < -0.3 is 10.5 Å². The lowest BCUT2D eigenvalue weighted by molar-refractivity contribution is -0.0517. The summed E-state index contributed by atoms with van der Waals surface area (Å²) in [6, 6.07) is 4.79. The van der Waals surface area contributed by atoms with Crippen LogP contribution < -0.4 is 15.2 Å². The maximum atomic E-state index is 12.3. The molecule has 0 spiro atoms. The Morgan fingerprint density at radius 1 is 1.27 bits per heavy atom. The average Bonchev–Trinajstić information content (AvgIpc) is 2.36. The normalized spacial score (nSPS) is 13.0. The molecule has 1 unspecified atom stereocenters. The molecular weight excluding hydrogens is 338 g/mol. The van der Waals surface area contributed by atoms with Crippen LogP contribution in [0.2, 0.25) is 0 Å². The number of nitrogens with one attached hydrogen (secondary N) is 1. The summed E-state index contributed by atoms with van der Waals surface area (Å²) in [6.07, 6.45) is 0.549. The largest absolute Gasteiger partial charge is 0.433 e. The van der Waals surface area contributed by atoms with Crippen LogP contribution in [0.25, 0.3) is 0 Å². The Bertz CT molecular complexity index is 556. The molecule has 0 radical (unpaired) electrons. The van der Waals surface area contributed by atoms with E-state index in [-0.39, 0.29) is 35.5 Å². The van der Waals surface area contributed by atoms with E-state index in [0.29, 0.717) is 6.42 Å². The van der Waals surface area contributed by atoms with Crippen molar-refractivity contribution in [1.29, 1.82) is 0 Å². The van der Waals surface area contributed by atoms with E-state index in [1.54, 1.807) is 0 Å². The summed E-state index contributed by atoms with van der Waals surface area (Å²) in [5, 5.41) is 0. The molecule has 0 aliphatic carbocycles. The number of halogens is 3. The molecule has 0 aromatic heterocycles. The zero-order valence-corrected chi connectivity index (χ0v) is 14.0. The van der Waals surface area contributed by atoms with Crippen LogP contribution in [-0.2, 0) is 10.0 Å². The van der Waals surface area contributed by atoms with Gasteiger partial charge in [-0.3, -0.25) is 0 Å². The molecule has 9 heteroatoms. The Morgan fingerprint density at radius 3 is 2.36 bits per heavy atom. The lowest BCUT2D eigenvalue weighted by Gasteiger charge is -2.19. The van der Waals surface area contributed by atoms with E-state index in [4.69, 9.17) is 5.73 Å². The van der Waals surface area contributed by atoms with E-state index < -0.39 is 22.7 Å². The summed E-state index contributed by atoms with van der Waals surface area (Å²) in [5.74, 6) is -0.144. The molecule has 0 saturated heterocycles. The predicted molar refractivity (Wildman–Crippen MR) is 82.9 cm³/mol. The summed E-state index contributed by atoms with van der Waals surface area (Å²) in [7, 11) is -3.98. The number of benzene rings is 1. The van der Waals surface area contributed by atoms with Crippen LogP contribution in [0.4, 0.5) is 8.78 Å². The summed E-state index contributed by atoms with van der Waals surface area (Å²) in [4.78, 5) is -0.326. The van der Waals surface area contributed by atoms with Crippen LogP contribution in [0.1, 0.15) is 20.3 Å². The number of hydrogen-bond donors (Lipinski definition) is 2. The highest BCUT2D eigenvalue weighted by Crippen LogP contribution is 2.25. The minimum absolute atomic E-state index is 0. The average molecular weight is 359 g/mol. The van der Waals surface area contributed by atoms with Gasteiger partial charge >= 0.3 is 6.61 Å². The van der Waals surface area contributed by atoms with Gasteiger partial charge in [0.15, 0.2) is 0 Å². The van der Waals surface area contributed by atoms with Gasteiger partial charge in [0.05, 0.1) is 0 Å². The number of para-hydroxylation sites is 1. The van der Waals surface area contributed by atoms with Gasteiger partial charge in [0.1, 0.15) is 10.6 Å². The van der Waals surface area contributed by atoms with Gasteiger partial charge in [-0.1, -0.05) is 26.0 Å². The van der Waals surface area contributed by atoms with Gasteiger partial charge in [-0.15, -0.1) is 12.4 Å². The summed E-state index contributed by atoms with van der Waals surface area (Å²) >= 11 is 0. The third-order valence-electron chi connectivity index (χ3n) is 2.72. The second-order valence-electron chi connectivity index (χ2n) is 5.01. The number of rotatable bonds is 8. The number of ether oxygens (including phenoxy) is 1. The first-order valence-corrected chi connectivity index (χ1v) is 8.00. The standard InChI is InChI=1S/C13H20F2N2O3S.ClH/c1-9(2)7-10(8-16)17-21(18,19)12-6-4-3-5-11(12)20-13(14)15;/h3-6,9-10,13,17H,7-8,16H2,1-2H3;1H. The molecule has 0 aliphatic rings. The first-order valence-electron chi connectivity index (χ1n) is 6.52. The molecule has 0 bridgehead atoms. The zero-order valence-electron chi connectivity index (χ0n) is 12.3. The lowest BCUT2D eigenvalue weighted by atomic mass is 10.1. The second kappa shape index (κ2) is 9.24. The van der Waals surface area contributed by atoms with Gasteiger partial charge in [0, 0.05) is 12.6 Å². The first kappa shape index (κ1) is 21.0. The number of nitrogens with two attached hydrogens (primary N) is 1. The maximum Gasteiger partial charge on any atom is 0.387 e. The molecule has 22 heavy (non-hydrogen) atoms. The van der Waals surface area contributed by atoms with Crippen molar-refractivity contribution in [3.05, 3.63) is 24.3 Å². The number of alkyl halides is 2. The molecular formula is C13H21ClF2N2O3S. The van der Waals surface area contributed by atoms with Crippen molar-refractivity contribution in [2.45, 2.75) is 37.8 Å². The Hall–Kier alpha value is -0.960. The van der Waals surface area contributed by atoms with E-state index in [1.165, 1.54) is 24.3 Å². The highest BCUT2D eigenvalue weighted by Gasteiger charge is 2.24. The molecule has 128 valence electrons. The molecule has 1 rings (SSSR count). The van der Waals surface area contributed by atoms with Crippen molar-refractivity contribution in [3.63, 3.8) is 0 Å². The molecule has 0 heterocycles. The zero-order chi connectivity index (χ0) is 16.0. The highest BCUT2D eigenvalue weighted by atomic mass is 35.5. The van der Waals surface area contributed by atoms with Gasteiger partial charge in [-0.05, 0) is 24.5 Å². The van der Waals surface area contributed by atoms with Crippen molar-refractivity contribution in [3.8, 4) is 5.75 Å².